The summed E-state index contributed by atoms with van der Waals surface area (Å²) in [6.45, 7) is 6.25. The van der Waals surface area contributed by atoms with Gasteiger partial charge in [0.15, 0.2) is 0 Å². The van der Waals surface area contributed by atoms with Crippen molar-refractivity contribution in [3.05, 3.63) is 73.3 Å². The summed E-state index contributed by atoms with van der Waals surface area (Å²) < 4.78 is 5.12. The molecule has 22 heavy (non-hydrogen) atoms. The Morgan fingerprint density at radius 3 is 2.00 bits per heavy atom. The lowest BCUT2D eigenvalue weighted by atomic mass is 10.4. The number of hydrogen-bond donors (Lipinski definition) is 0. The Hall–Kier alpha value is -2.13. The Bertz CT molecular complexity index is 568. The highest BCUT2D eigenvalue weighted by atomic mass is 28.3. The average molecular weight is 310 g/mol. The molecule has 0 aliphatic heterocycles. The van der Waals surface area contributed by atoms with Gasteiger partial charge in [0.05, 0.1) is 6.61 Å². The molecule has 3 heteroatoms. The minimum atomic E-state index is -1.80. The van der Waals surface area contributed by atoms with Crippen LogP contribution in [0.2, 0.25) is 12.6 Å². The second-order valence-corrected chi connectivity index (χ2v) is 9.86. The van der Waals surface area contributed by atoms with Crippen LogP contribution < -0.4 is 10.4 Å². The molecule has 0 aromatic heterocycles. The van der Waals surface area contributed by atoms with Crippen molar-refractivity contribution in [3.8, 4) is 0 Å². The van der Waals surface area contributed by atoms with Crippen LogP contribution in [0.3, 0.4) is 0 Å². The van der Waals surface area contributed by atoms with Gasteiger partial charge < -0.3 is 4.74 Å². The van der Waals surface area contributed by atoms with Crippen LogP contribution in [0.4, 0.5) is 0 Å². The number of benzene rings is 2. The van der Waals surface area contributed by atoms with E-state index < -0.39 is 8.07 Å². The number of esters is 1. The van der Waals surface area contributed by atoms with Crippen LogP contribution >= 0.6 is 0 Å². The maximum atomic E-state index is 11.1. The molecule has 0 heterocycles. The monoisotopic (exact) mass is 310 g/mol. The molecule has 0 bridgehead atoms. The molecule has 2 aromatic rings. The molecule has 0 amide bonds. The van der Waals surface area contributed by atoms with Crippen molar-refractivity contribution >= 4 is 24.4 Å². The predicted octanol–water partition coefficient (Wildman–Crippen LogP) is 3.00. The second-order valence-electron chi connectivity index (χ2n) is 5.54. The summed E-state index contributed by atoms with van der Waals surface area (Å²) >= 11 is 0. The summed E-state index contributed by atoms with van der Waals surface area (Å²) in [6.07, 6.45) is 2.08. The molecule has 0 unspecified atom stereocenters. The Morgan fingerprint density at radius 1 is 1.05 bits per heavy atom. The first-order valence-corrected chi connectivity index (χ1v) is 10.3. The summed E-state index contributed by atoms with van der Waals surface area (Å²) in [5, 5.41) is 2.83. The van der Waals surface area contributed by atoms with Crippen LogP contribution in [0.25, 0.3) is 0 Å². The third-order valence-corrected chi connectivity index (χ3v) is 8.62. The molecule has 0 saturated carbocycles. The van der Waals surface area contributed by atoms with E-state index in [1.54, 1.807) is 0 Å². The van der Waals surface area contributed by atoms with Crippen LogP contribution in [-0.4, -0.2) is 20.7 Å². The fourth-order valence-electron chi connectivity index (χ4n) is 2.72. The summed E-state index contributed by atoms with van der Waals surface area (Å²) in [5.74, 6) is -0.345. The molecule has 0 fully saturated rings. The number of hydrogen-bond acceptors (Lipinski definition) is 2. The summed E-state index contributed by atoms with van der Waals surface area (Å²) in [7, 11) is -1.80. The molecule has 114 valence electrons. The van der Waals surface area contributed by atoms with Crippen LogP contribution in [0, 0.1) is 0 Å². The fourth-order valence-corrected chi connectivity index (χ4v) is 6.34. The van der Waals surface area contributed by atoms with Gasteiger partial charge in [0.2, 0.25) is 0 Å². The molecule has 2 rings (SSSR count). The molecule has 0 aliphatic carbocycles. The second kappa shape index (κ2) is 7.76. The van der Waals surface area contributed by atoms with E-state index in [2.05, 4.69) is 73.8 Å². The van der Waals surface area contributed by atoms with Crippen LogP contribution in [-0.2, 0) is 9.53 Å². The predicted molar refractivity (Wildman–Crippen MR) is 94.4 cm³/mol. The number of rotatable bonds is 7. The SMILES string of the molecule is C=CC(=O)OCCC[Si](C)(c1ccccc1)c1ccccc1. The Kier molecular flexibility index (Phi) is 5.73. The van der Waals surface area contributed by atoms with Crippen molar-refractivity contribution in [2.45, 2.75) is 19.0 Å². The van der Waals surface area contributed by atoms with Gasteiger partial charge in [-0.3, -0.25) is 0 Å². The van der Waals surface area contributed by atoms with Crippen LogP contribution in [0.1, 0.15) is 6.42 Å². The zero-order chi connectivity index (χ0) is 15.8. The minimum Gasteiger partial charge on any atom is -0.463 e. The third kappa shape index (κ3) is 3.95. The van der Waals surface area contributed by atoms with E-state index in [0.29, 0.717) is 6.61 Å². The van der Waals surface area contributed by atoms with E-state index in [1.807, 2.05) is 0 Å². The number of ether oxygens (including phenoxy) is 1. The van der Waals surface area contributed by atoms with Crippen LogP contribution in [0.15, 0.2) is 73.3 Å². The van der Waals surface area contributed by atoms with Gasteiger partial charge in [-0.25, -0.2) is 4.79 Å². The Morgan fingerprint density at radius 2 is 1.55 bits per heavy atom. The first kappa shape index (κ1) is 16.2. The van der Waals surface area contributed by atoms with Crippen molar-refractivity contribution in [3.63, 3.8) is 0 Å². The average Bonchev–Trinajstić information content (AvgIpc) is 2.59. The molecule has 0 radical (unpaired) electrons. The molecule has 0 N–H and O–H groups in total. The van der Waals surface area contributed by atoms with E-state index >= 15 is 0 Å². The van der Waals surface area contributed by atoms with Gasteiger partial charge in [0.25, 0.3) is 0 Å². The molecular weight excluding hydrogens is 288 g/mol. The highest BCUT2D eigenvalue weighted by Crippen LogP contribution is 2.14. The van der Waals surface area contributed by atoms with Crippen molar-refractivity contribution < 1.29 is 9.53 Å². The van der Waals surface area contributed by atoms with E-state index in [0.717, 1.165) is 12.5 Å². The van der Waals surface area contributed by atoms with E-state index in [1.165, 1.54) is 16.4 Å². The van der Waals surface area contributed by atoms with Crippen LogP contribution in [0.5, 0.6) is 0 Å². The summed E-state index contributed by atoms with van der Waals surface area (Å²) in [6, 6.07) is 22.4. The lowest BCUT2D eigenvalue weighted by molar-refractivity contribution is -0.137. The maximum absolute atomic E-state index is 11.1. The standard InChI is InChI=1S/C19H22O2Si/c1-3-19(20)21-15-10-16-22(2,17-11-6-4-7-12-17)18-13-8-5-9-14-18/h3-9,11-14H,1,10,15-16H2,2H3. The number of carbonyl (C=O) groups excluding carboxylic acids is 1. The summed E-state index contributed by atoms with van der Waals surface area (Å²) in [4.78, 5) is 11.1. The van der Waals surface area contributed by atoms with Crippen molar-refractivity contribution in [2.75, 3.05) is 6.61 Å². The first-order chi connectivity index (χ1) is 10.7. The minimum absolute atomic E-state index is 0.345. The van der Waals surface area contributed by atoms with Gasteiger partial charge >= 0.3 is 5.97 Å². The highest BCUT2D eigenvalue weighted by molar-refractivity contribution is 7.01. The smallest absolute Gasteiger partial charge is 0.330 e. The Labute approximate surface area is 133 Å². The third-order valence-electron chi connectivity index (χ3n) is 4.05. The van der Waals surface area contributed by atoms with Gasteiger partial charge in [-0.2, -0.15) is 0 Å². The molecule has 0 aliphatic rings. The van der Waals surface area contributed by atoms with E-state index in [-0.39, 0.29) is 5.97 Å². The van der Waals surface area contributed by atoms with Crippen molar-refractivity contribution in [1.29, 1.82) is 0 Å². The van der Waals surface area contributed by atoms with Gasteiger partial charge in [0, 0.05) is 6.08 Å². The largest absolute Gasteiger partial charge is 0.463 e. The first-order valence-electron chi connectivity index (χ1n) is 7.57. The normalized spacial score (nSPS) is 11.0. The molecule has 0 saturated heterocycles. The highest BCUT2D eigenvalue weighted by Gasteiger charge is 2.30. The molecule has 2 nitrogen and oxygen atoms in total. The van der Waals surface area contributed by atoms with Gasteiger partial charge in [-0.1, -0.05) is 84.2 Å². The number of carbonyl (C=O) groups is 1. The van der Waals surface area contributed by atoms with Crippen molar-refractivity contribution in [1.82, 2.24) is 0 Å². The topological polar surface area (TPSA) is 26.3 Å². The van der Waals surface area contributed by atoms with E-state index in [4.69, 9.17) is 4.74 Å². The summed E-state index contributed by atoms with van der Waals surface area (Å²) in [5.41, 5.74) is 0. The van der Waals surface area contributed by atoms with E-state index in [9.17, 15) is 4.79 Å². The lowest BCUT2D eigenvalue weighted by Crippen LogP contribution is -2.55. The molecule has 0 atom stereocenters. The zero-order valence-corrected chi connectivity index (χ0v) is 14.0. The Balaban J connectivity index is 2.16. The lowest BCUT2D eigenvalue weighted by Gasteiger charge is -2.28. The van der Waals surface area contributed by atoms with Gasteiger partial charge in [-0.15, -0.1) is 0 Å². The quantitative estimate of drug-likeness (QED) is 0.340. The molecule has 0 spiro atoms. The molecular formula is C19H22O2Si. The zero-order valence-electron chi connectivity index (χ0n) is 13.0. The van der Waals surface area contributed by atoms with Gasteiger partial charge in [0.1, 0.15) is 8.07 Å². The van der Waals surface area contributed by atoms with Crippen molar-refractivity contribution in [2.24, 2.45) is 0 Å². The molecule has 2 aromatic carbocycles. The maximum Gasteiger partial charge on any atom is 0.330 e. The van der Waals surface area contributed by atoms with Gasteiger partial charge in [-0.05, 0) is 12.5 Å². The fraction of sp³-hybridized carbons (Fsp3) is 0.211.